The van der Waals surface area contributed by atoms with Gasteiger partial charge in [-0.2, -0.15) is 0 Å². The summed E-state index contributed by atoms with van der Waals surface area (Å²) in [6, 6.07) is 11.9. The number of rotatable bonds is 8. The molecule has 4 rings (SSSR count). The Hall–Kier alpha value is -3.85. The van der Waals surface area contributed by atoms with E-state index in [1.165, 1.54) is 16.9 Å². The van der Waals surface area contributed by atoms with Crippen molar-refractivity contribution >= 4 is 34.2 Å². The molecule has 2 aromatic heterocycles. The Kier molecular flexibility index (Phi) is 7.44. The maximum absolute atomic E-state index is 12.5. The first-order valence-corrected chi connectivity index (χ1v) is 11.9. The van der Waals surface area contributed by atoms with Crippen molar-refractivity contribution in [2.45, 2.75) is 32.6 Å². The Morgan fingerprint density at radius 2 is 1.71 bits per heavy atom. The van der Waals surface area contributed by atoms with Gasteiger partial charge in [0.25, 0.3) is 11.8 Å². The number of pyridine rings is 1. The molecule has 0 unspecified atom stereocenters. The minimum atomic E-state index is -0.318. The summed E-state index contributed by atoms with van der Waals surface area (Å²) in [5.41, 5.74) is 4.49. The first-order valence-electron chi connectivity index (χ1n) is 11.0. The zero-order valence-electron chi connectivity index (χ0n) is 18.8. The van der Waals surface area contributed by atoms with E-state index in [0.29, 0.717) is 22.0 Å². The molecular formula is C25H25N5O3S. The maximum atomic E-state index is 12.5. The summed E-state index contributed by atoms with van der Waals surface area (Å²) in [6.07, 6.45) is 4.89. The topological polar surface area (TPSA) is 113 Å². The molecule has 0 spiro atoms. The number of hydrogen-bond acceptors (Lipinski definition) is 6. The average Bonchev–Trinajstić information content (AvgIpc) is 3.48. The highest BCUT2D eigenvalue weighted by Crippen LogP contribution is 2.24. The molecular weight excluding hydrogens is 450 g/mol. The molecule has 3 N–H and O–H groups in total. The zero-order valence-corrected chi connectivity index (χ0v) is 19.6. The predicted octanol–water partition coefficient (Wildman–Crippen LogP) is 4.15. The molecule has 1 aliphatic rings. The monoisotopic (exact) mass is 475 g/mol. The van der Waals surface area contributed by atoms with E-state index < -0.39 is 0 Å². The standard InChI is InChI=1S/C25H25N5O3S/c1-16-5-4-7-19(16)28-22(31)12-14-27-23(32)17-8-10-18(11-9-17)24(33)30-25-29-21(15-34-25)20-6-2-3-13-26-20/h2-3,6,8-11,13,15H,4-5,7,12,14H2,1H3,(H,27,32)(H,28,31)(H,29,30,33). The Balaban J connectivity index is 1.25. The largest absolute Gasteiger partial charge is 0.352 e. The summed E-state index contributed by atoms with van der Waals surface area (Å²) in [5, 5.41) is 10.7. The van der Waals surface area contributed by atoms with Crippen LogP contribution in [0, 0.1) is 0 Å². The Labute approximate surface area is 201 Å². The SMILES string of the molecule is CC1=C(NC(=O)CCNC(=O)c2ccc(C(=O)Nc3nc(-c4ccccn4)cs3)cc2)CCC1. The summed E-state index contributed by atoms with van der Waals surface area (Å²) in [6.45, 7) is 2.27. The van der Waals surface area contributed by atoms with Crippen molar-refractivity contribution in [3.8, 4) is 11.4 Å². The number of nitrogens with one attached hydrogen (secondary N) is 3. The summed E-state index contributed by atoms with van der Waals surface area (Å²) in [7, 11) is 0. The molecule has 1 aliphatic carbocycles. The van der Waals surface area contributed by atoms with E-state index in [-0.39, 0.29) is 30.7 Å². The van der Waals surface area contributed by atoms with Gasteiger partial charge in [-0.05, 0) is 62.6 Å². The van der Waals surface area contributed by atoms with E-state index in [4.69, 9.17) is 0 Å². The number of anilines is 1. The van der Waals surface area contributed by atoms with Gasteiger partial charge < -0.3 is 10.6 Å². The summed E-state index contributed by atoms with van der Waals surface area (Å²) < 4.78 is 0. The second kappa shape index (κ2) is 10.8. The zero-order chi connectivity index (χ0) is 23.9. The second-order valence-electron chi connectivity index (χ2n) is 7.95. The molecule has 3 amide bonds. The first kappa shape index (κ1) is 23.3. The number of hydrogen-bond donors (Lipinski definition) is 3. The van der Waals surface area contributed by atoms with Gasteiger partial charge in [0.05, 0.1) is 5.69 Å². The van der Waals surface area contributed by atoms with E-state index in [9.17, 15) is 14.4 Å². The molecule has 0 atom stereocenters. The van der Waals surface area contributed by atoms with Crippen molar-refractivity contribution in [2.75, 3.05) is 11.9 Å². The minimum Gasteiger partial charge on any atom is -0.352 e. The van der Waals surface area contributed by atoms with E-state index in [2.05, 4.69) is 25.9 Å². The van der Waals surface area contributed by atoms with Gasteiger partial charge in [0, 0.05) is 41.4 Å². The number of aromatic nitrogens is 2. The smallest absolute Gasteiger partial charge is 0.257 e. The van der Waals surface area contributed by atoms with Crippen LogP contribution >= 0.6 is 11.3 Å². The molecule has 0 saturated carbocycles. The van der Waals surface area contributed by atoms with Gasteiger partial charge in [-0.25, -0.2) is 4.98 Å². The van der Waals surface area contributed by atoms with Gasteiger partial charge in [0.1, 0.15) is 5.69 Å². The fourth-order valence-electron chi connectivity index (χ4n) is 3.59. The van der Waals surface area contributed by atoms with Gasteiger partial charge in [-0.1, -0.05) is 11.6 Å². The van der Waals surface area contributed by atoms with Crippen LogP contribution in [0.5, 0.6) is 0 Å². The van der Waals surface area contributed by atoms with Crippen LogP contribution in [-0.2, 0) is 4.79 Å². The van der Waals surface area contributed by atoms with E-state index in [1.54, 1.807) is 30.5 Å². The number of thiazole rings is 1. The lowest BCUT2D eigenvalue weighted by Crippen LogP contribution is -2.30. The molecule has 8 nitrogen and oxygen atoms in total. The van der Waals surface area contributed by atoms with Crippen LogP contribution in [0.3, 0.4) is 0 Å². The van der Waals surface area contributed by atoms with Gasteiger partial charge in [0.15, 0.2) is 5.13 Å². The average molecular weight is 476 g/mol. The number of carbonyl (C=O) groups excluding carboxylic acids is 3. The van der Waals surface area contributed by atoms with E-state index >= 15 is 0 Å². The quantitative estimate of drug-likeness (QED) is 0.453. The highest BCUT2D eigenvalue weighted by atomic mass is 32.1. The van der Waals surface area contributed by atoms with Gasteiger partial charge >= 0.3 is 0 Å². The van der Waals surface area contributed by atoms with Crippen LogP contribution in [0.2, 0.25) is 0 Å². The normalized spacial score (nSPS) is 13.0. The van der Waals surface area contributed by atoms with Gasteiger partial charge in [0.2, 0.25) is 5.91 Å². The first-order chi connectivity index (χ1) is 16.5. The molecule has 2 heterocycles. The Morgan fingerprint density at radius 1 is 0.941 bits per heavy atom. The highest BCUT2D eigenvalue weighted by molar-refractivity contribution is 7.14. The van der Waals surface area contributed by atoms with Crippen LogP contribution < -0.4 is 16.0 Å². The van der Waals surface area contributed by atoms with Crippen LogP contribution in [0.15, 0.2) is 65.3 Å². The maximum Gasteiger partial charge on any atom is 0.257 e. The van der Waals surface area contributed by atoms with Crippen molar-refractivity contribution in [3.63, 3.8) is 0 Å². The third-order valence-electron chi connectivity index (χ3n) is 5.48. The van der Waals surface area contributed by atoms with Crippen molar-refractivity contribution in [2.24, 2.45) is 0 Å². The molecule has 9 heteroatoms. The van der Waals surface area contributed by atoms with Crippen molar-refractivity contribution < 1.29 is 14.4 Å². The molecule has 0 saturated heterocycles. The molecule has 0 radical (unpaired) electrons. The van der Waals surface area contributed by atoms with Gasteiger partial charge in [-0.3, -0.25) is 24.7 Å². The van der Waals surface area contributed by atoms with Crippen molar-refractivity contribution in [1.29, 1.82) is 0 Å². The molecule has 34 heavy (non-hydrogen) atoms. The lowest BCUT2D eigenvalue weighted by Gasteiger charge is -2.09. The second-order valence-corrected chi connectivity index (χ2v) is 8.81. The molecule has 0 aliphatic heterocycles. The highest BCUT2D eigenvalue weighted by Gasteiger charge is 2.15. The molecule has 174 valence electrons. The van der Waals surface area contributed by atoms with Crippen molar-refractivity contribution in [3.05, 3.63) is 76.4 Å². The molecule has 3 aromatic rings. The number of allylic oxidation sites excluding steroid dienone is 2. The summed E-state index contributed by atoms with van der Waals surface area (Å²) in [5.74, 6) is -0.713. The number of nitrogens with zero attached hydrogens (tertiary/aromatic N) is 2. The van der Waals surface area contributed by atoms with Crippen LogP contribution in [0.1, 0.15) is 53.3 Å². The number of carbonyl (C=O) groups is 3. The predicted molar refractivity (Wildman–Crippen MR) is 131 cm³/mol. The lowest BCUT2D eigenvalue weighted by atomic mass is 10.1. The minimum absolute atomic E-state index is 0.100. The van der Waals surface area contributed by atoms with Crippen LogP contribution in [0.25, 0.3) is 11.4 Å². The molecule has 0 fully saturated rings. The lowest BCUT2D eigenvalue weighted by molar-refractivity contribution is -0.120. The third-order valence-corrected chi connectivity index (χ3v) is 6.24. The Morgan fingerprint density at radius 3 is 2.38 bits per heavy atom. The Bertz CT molecular complexity index is 1220. The molecule has 1 aromatic carbocycles. The van der Waals surface area contributed by atoms with E-state index in [1.807, 2.05) is 30.5 Å². The fraction of sp³-hybridized carbons (Fsp3) is 0.240. The fourth-order valence-corrected chi connectivity index (χ4v) is 4.29. The van der Waals surface area contributed by atoms with Crippen LogP contribution in [0.4, 0.5) is 5.13 Å². The summed E-state index contributed by atoms with van der Waals surface area (Å²) in [4.78, 5) is 45.6. The number of benzene rings is 1. The van der Waals surface area contributed by atoms with E-state index in [0.717, 1.165) is 30.7 Å². The van der Waals surface area contributed by atoms with Crippen LogP contribution in [-0.4, -0.2) is 34.2 Å². The summed E-state index contributed by atoms with van der Waals surface area (Å²) >= 11 is 1.31. The van der Waals surface area contributed by atoms with Gasteiger partial charge in [-0.15, -0.1) is 11.3 Å². The number of amides is 3. The third kappa shape index (κ3) is 5.93. The van der Waals surface area contributed by atoms with Crippen molar-refractivity contribution in [1.82, 2.24) is 20.6 Å². The molecule has 0 bridgehead atoms.